The van der Waals surface area contributed by atoms with Gasteiger partial charge in [0.1, 0.15) is 5.15 Å². The number of hydrogen-bond acceptors (Lipinski definition) is 2. The molecule has 0 aliphatic carbocycles. The molecule has 2 aromatic rings. The monoisotopic (exact) mass is 204 g/mol. The van der Waals surface area contributed by atoms with Crippen LogP contribution in [0.3, 0.4) is 0 Å². The van der Waals surface area contributed by atoms with Crippen LogP contribution in [0, 0.1) is 6.92 Å². The highest BCUT2D eigenvalue weighted by Crippen LogP contribution is 2.21. The number of nitrogens with zero attached hydrogens (tertiary/aromatic N) is 2. The lowest BCUT2D eigenvalue weighted by atomic mass is 10.1. The minimum absolute atomic E-state index is 0.553. The first-order valence-electron chi connectivity index (χ1n) is 4.30. The van der Waals surface area contributed by atoms with Gasteiger partial charge in [0.05, 0.1) is 0 Å². The van der Waals surface area contributed by atoms with Gasteiger partial charge in [0.15, 0.2) is 0 Å². The molecule has 0 fully saturated rings. The molecule has 3 heteroatoms. The first-order chi connectivity index (χ1) is 6.77. The van der Waals surface area contributed by atoms with Crippen LogP contribution in [-0.2, 0) is 0 Å². The van der Waals surface area contributed by atoms with Crippen molar-refractivity contribution in [2.45, 2.75) is 6.92 Å². The maximum Gasteiger partial charge on any atom is 0.131 e. The van der Waals surface area contributed by atoms with E-state index in [4.69, 9.17) is 11.6 Å². The molecule has 0 saturated carbocycles. The molecule has 0 aliphatic heterocycles. The Labute approximate surface area is 87.6 Å². The van der Waals surface area contributed by atoms with Gasteiger partial charge < -0.3 is 0 Å². The Morgan fingerprint density at radius 1 is 1.21 bits per heavy atom. The quantitative estimate of drug-likeness (QED) is 0.667. The average Bonchev–Trinajstić information content (AvgIpc) is 2.23. The maximum atomic E-state index is 5.84. The minimum Gasteiger partial charge on any atom is -0.264 e. The first kappa shape index (κ1) is 9.16. The van der Waals surface area contributed by atoms with Gasteiger partial charge in [-0.1, -0.05) is 17.7 Å². The smallest absolute Gasteiger partial charge is 0.131 e. The summed E-state index contributed by atoms with van der Waals surface area (Å²) < 4.78 is 0. The molecule has 0 amide bonds. The van der Waals surface area contributed by atoms with Gasteiger partial charge in [-0.2, -0.15) is 0 Å². The molecule has 0 spiro atoms. The van der Waals surface area contributed by atoms with Crippen LogP contribution in [0.4, 0.5) is 0 Å². The Bertz CT molecular complexity index is 440. The minimum atomic E-state index is 0.553. The van der Waals surface area contributed by atoms with Crippen molar-refractivity contribution >= 4 is 11.6 Å². The largest absolute Gasteiger partial charge is 0.264 e. The topological polar surface area (TPSA) is 25.8 Å². The summed E-state index contributed by atoms with van der Waals surface area (Å²) in [5, 5.41) is 0.553. The van der Waals surface area contributed by atoms with Crippen LogP contribution in [0.1, 0.15) is 5.56 Å². The second-order valence-corrected chi connectivity index (χ2v) is 3.43. The normalized spacial score (nSPS) is 10.1. The summed E-state index contributed by atoms with van der Waals surface area (Å²) in [5.74, 6) is 0. The van der Waals surface area contributed by atoms with Crippen molar-refractivity contribution < 1.29 is 0 Å². The predicted molar refractivity (Wildman–Crippen MR) is 57.2 cm³/mol. The summed E-state index contributed by atoms with van der Waals surface area (Å²) in [6, 6.07) is 5.91. The third-order valence-electron chi connectivity index (χ3n) is 2.01. The highest BCUT2D eigenvalue weighted by atomic mass is 35.5. The van der Waals surface area contributed by atoms with E-state index >= 15 is 0 Å². The summed E-state index contributed by atoms with van der Waals surface area (Å²) in [7, 11) is 0. The fourth-order valence-corrected chi connectivity index (χ4v) is 1.35. The molecular formula is C11H9ClN2. The highest BCUT2D eigenvalue weighted by molar-refractivity contribution is 6.30. The van der Waals surface area contributed by atoms with Crippen LogP contribution in [0.2, 0.25) is 5.15 Å². The summed E-state index contributed by atoms with van der Waals surface area (Å²) in [6.07, 6.45) is 5.32. The standard InChI is InChI=1S/C11H9ClN2/c1-8-5-10(7-14-11(8)12)9-3-2-4-13-6-9/h2-7H,1H3. The highest BCUT2D eigenvalue weighted by Gasteiger charge is 2.00. The van der Waals surface area contributed by atoms with Crippen LogP contribution >= 0.6 is 11.6 Å². The zero-order valence-electron chi connectivity index (χ0n) is 7.74. The first-order valence-corrected chi connectivity index (χ1v) is 4.68. The van der Waals surface area contributed by atoms with Crippen molar-refractivity contribution in [2.24, 2.45) is 0 Å². The number of pyridine rings is 2. The van der Waals surface area contributed by atoms with E-state index in [1.54, 1.807) is 12.4 Å². The van der Waals surface area contributed by atoms with Crippen LogP contribution in [-0.4, -0.2) is 9.97 Å². The van der Waals surface area contributed by atoms with Crippen LogP contribution < -0.4 is 0 Å². The number of halogens is 1. The van der Waals surface area contributed by atoms with Crippen LogP contribution in [0.5, 0.6) is 0 Å². The lowest BCUT2D eigenvalue weighted by molar-refractivity contribution is 1.26. The zero-order chi connectivity index (χ0) is 9.97. The molecule has 0 N–H and O–H groups in total. The molecule has 14 heavy (non-hydrogen) atoms. The number of rotatable bonds is 1. The van der Waals surface area contributed by atoms with Crippen LogP contribution in [0.15, 0.2) is 36.8 Å². The molecule has 70 valence electrons. The average molecular weight is 205 g/mol. The van der Waals surface area contributed by atoms with Gasteiger partial charge in [0.25, 0.3) is 0 Å². The molecule has 0 bridgehead atoms. The fourth-order valence-electron chi connectivity index (χ4n) is 1.25. The van der Waals surface area contributed by atoms with Crippen molar-refractivity contribution in [1.29, 1.82) is 0 Å². The summed E-state index contributed by atoms with van der Waals surface area (Å²) in [6.45, 7) is 1.94. The number of aryl methyl sites for hydroxylation is 1. The van der Waals surface area contributed by atoms with Crippen molar-refractivity contribution in [3.63, 3.8) is 0 Å². The Hall–Kier alpha value is -1.41. The van der Waals surface area contributed by atoms with Gasteiger partial charge >= 0.3 is 0 Å². The van der Waals surface area contributed by atoms with E-state index in [1.807, 2.05) is 31.3 Å². The third-order valence-corrected chi connectivity index (χ3v) is 2.40. The Morgan fingerprint density at radius 2 is 2.07 bits per heavy atom. The number of aromatic nitrogens is 2. The third kappa shape index (κ3) is 1.75. The summed E-state index contributed by atoms with van der Waals surface area (Å²) in [4.78, 5) is 8.15. The SMILES string of the molecule is Cc1cc(-c2cccnc2)cnc1Cl. The maximum absolute atomic E-state index is 5.84. The van der Waals surface area contributed by atoms with Gasteiger partial charge in [-0.05, 0) is 24.6 Å². The molecule has 0 unspecified atom stereocenters. The van der Waals surface area contributed by atoms with E-state index in [1.165, 1.54) is 0 Å². The Morgan fingerprint density at radius 3 is 2.71 bits per heavy atom. The van der Waals surface area contributed by atoms with E-state index in [9.17, 15) is 0 Å². The summed E-state index contributed by atoms with van der Waals surface area (Å²) >= 11 is 5.84. The molecular weight excluding hydrogens is 196 g/mol. The van der Waals surface area contributed by atoms with E-state index in [0.717, 1.165) is 16.7 Å². The van der Waals surface area contributed by atoms with E-state index in [0.29, 0.717) is 5.15 Å². The van der Waals surface area contributed by atoms with Crippen molar-refractivity contribution in [3.05, 3.63) is 47.5 Å². The lowest BCUT2D eigenvalue weighted by Gasteiger charge is -2.02. The van der Waals surface area contributed by atoms with Crippen molar-refractivity contribution in [1.82, 2.24) is 9.97 Å². The van der Waals surface area contributed by atoms with Gasteiger partial charge in [-0.25, -0.2) is 4.98 Å². The predicted octanol–water partition coefficient (Wildman–Crippen LogP) is 3.11. The Balaban J connectivity index is 2.48. The molecule has 2 rings (SSSR count). The zero-order valence-corrected chi connectivity index (χ0v) is 8.49. The van der Waals surface area contributed by atoms with Gasteiger partial charge in [0, 0.05) is 29.7 Å². The molecule has 0 atom stereocenters. The number of hydrogen-bond donors (Lipinski definition) is 0. The second-order valence-electron chi connectivity index (χ2n) is 3.07. The van der Waals surface area contributed by atoms with Gasteiger partial charge in [-0.3, -0.25) is 4.98 Å². The van der Waals surface area contributed by atoms with E-state index in [-0.39, 0.29) is 0 Å². The molecule has 0 aliphatic rings. The van der Waals surface area contributed by atoms with Gasteiger partial charge in [0.2, 0.25) is 0 Å². The molecule has 2 nitrogen and oxygen atoms in total. The second kappa shape index (κ2) is 3.76. The molecule has 0 saturated heterocycles. The molecule has 0 aromatic carbocycles. The molecule has 0 radical (unpaired) electrons. The van der Waals surface area contributed by atoms with Gasteiger partial charge in [-0.15, -0.1) is 0 Å². The van der Waals surface area contributed by atoms with E-state index < -0.39 is 0 Å². The summed E-state index contributed by atoms with van der Waals surface area (Å²) in [5.41, 5.74) is 3.08. The molecule has 2 aromatic heterocycles. The molecule has 2 heterocycles. The fraction of sp³-hybridized carbons (Fsp3) is 0.0909. The van der Waals surface area contributed by atoms with E-state index in [2.05, 4.69) is 9.97 Å². The van der Waals surface area contributed by atoms with Crippen LogP contribution in [0.25, 0.3) is 11.1 Å². The van der Waals surface area contributed by atoms with Crippen molar-refractivity contribution in [3.8, 4) is 11.1 Å². The Kier molecular flexibility index (Phi) is 2.46. The lowest BCUT2D eigenvalue weighted by Crippen LogP contribution is -1.85. The van der Waals surface area contributed by atoms with Crippen molar-refractivity contribution in [2.75, 3.05) is 0 Å².